The highest BCUT2D eigenvalue weighted by atomic mass is 79.9. The first kappa shape index (κ1) is 19.1. The quantitative estimate of drug-likeness (QED) is 0.667. The van der Waals surface area contributed by atoms with Gasteiger partial charge < -0.3 is 20.1 Å². The van der Waals surface area contributed by atoms with Crippen LogP contribution in [0.25, 0.3) is 0 Å². The first-order chi connectivity index (χ1) is 12.0. The molecule has 25 heavy (non-hydrogen) atoms. The Bertz CT molecular complexity index is 704. The van der Waals surface area contributed by atoms with E-state index in [1.165, 1.54) is 0 Å². The molecule has 6 heteroatoms. The minimum absolute atomic E-state index is 0.117. The largest absolute Gasteiger partial charge is 0.490 e. The van der Waals surface area contributed by atoms with Crippen LogP contribution in [0.3, 0.4) is 0 Å². The summed E-state index contributed by atoms with van der Waals surface area (Å²) in [6, 6.07) is 12.6. The number of amides is 1. The summed E-state index contributed by atoms with van der Waals surface area (Å²) in [4.78, 5) is 12.3. The van der Waals surface area contributed by atoms with Gasteiger partial charge >= 0.3 is 0 Å². The Kier molecular flexibility index (Phi) is 7.13. The Morgan fingerprint density at radius 2 is 1.60 bits per heavy atom. The Labute approximate surface area is 156 Å². The molecule has 2 aromatic rings. The highest BCUT2D eigenvalue weighted by Gasteiger charge is 2.14. The maximum Gasteiger partial charge on any atom is 0.246 e. The third-order valence-electron chi connectivity index (χ3n) is 3.43. The summed E-state index contributed by atoms with van der Waals surface area (Å²) in [6.07, 6.45) is 0. The van der Waals surface area contributed by atoms with Gasteiger partial charge in [0.1, 0.15) is 6.04 Å². The smallest absolute Gasteiger partial charge is 0.246 e. The van der Waals surface area contributed by atoms with E-state index in [1.54, 1.807) is 0 Å². The van der Waals surface area contributed by atoms with Crippen molar-refractivity contribution in [1.82, 2.24) is 0 Å². The third-order valence-corrected chi connectivity index (χ3v) is 3.96. The third kappa shape index (κ3) is 5.67. The van der Waals surface area contributed by atoms with E-state index in [4.69, 9.17) is 9.47 Å². The van der Waals surface area contributed by atoms with Crippen molar-refractivity contribution in [2.75, 3.05) is 23.8 Å². The molecule has 5 nitrogen and oxygen atoms in total. The molecule has 1 atom stereocenters. The van der Waals surface area contributed by atoms with Crippen molar-refractivity contribution in [2.45, 2.75) is 26.8 Å². The van der Waals surface area contributed by atoms with Gasteiger partial charge in [0.05, 0.1) is 13.2 Å². The lowest BCUT2D eigenvalue weighted by molar-refractivity contribution is -0.116. The molecule has 134 valence electrons. The Balaban J connectivity index is 2.03. The van der Waals surface area contributed by atoms with E-state index in [1.807, 2.05) is 63.2 Å². The lowest BCUT2D eigenvalue weighted by Gasteiger charge is -2.17. The molecule has 1 amide bonds. The fourth-order valence-electron chi connectivity index (χ4n) is 2.24. The summed E-state index contributed by atoms with van der Waals surface area (Å²) >= 11 is 3.37. The van der Waals surface area contributed by atoms with Gasteiger partial charge in [-0.3, -0.25) is 4.79 Å². The maximum absolute atomic E-state index is 12.3. The van der Waals surface area contributed by atoms with Crippen LogP contribution in [0.2, 0.25) is 0 Å². The molecule has 0 aliphatic rings. The first-order valence-electron chi connectivity index (χ1n) is 8.26. The molecular formula is C19H23BrN2O3. The predicted molar refractivity (Wildman–Crippen MR) is 105 cm³/mol. The van der Waals surface area contributed by atoms with Crippen LogP contribution in [-0.2, 0) is 4.79 Å². The van der Waals surface area contributed by atoms with E-state index in [2.05, 4.69) is 26.6 Å². The molecule has 0 heterocycles. The van der Waals surface area contributed by atoms with Crippen molar-refractivity contribution in [3.05, 3.63) is 46.9 Å². The van der Waals surface area contributed by atoms with Gasteiger partial charge in [-0.15, -0.1) is 0 Å². The summed E-state index contributed by atoms with van der Waals surface area (Å²) in [7, 11) is 0. The number of benzene rings is 2. The van der Waals surface area contributed by atoms with E-state index < -0.39 is 6.04 Å². The monoisotopic (exact) mass is 406 g/mol. The number of rotatable bonds is 8. The molecule has 0 fully saturated rings. The lowest BCUT2D eigenvalue weighted by atomic mass is 10.2. The van der Waals surface area contributed by atoms with Crippen LogP contribution >= 0.6 is 15.9 Å². The van der Waals surface area contributed by atoms with Crippen LogP contribution in [0.15, 0.2) is 46.9 Å². The molecule has 0 aliphatic carbocycles. The summed E-state index contributed by atoms with van der Waals surface area (Å²) < 4.78 is 12.1. The second kappa shape index (κ2) is 9.32. The zero-order valence-electron chi connectivity index (χ0n) is 14.6. The topological polar surface area (TPSA) is 59.6 Å². The predicted octanol–water partition coefficient (Wildman–Crippen LogP) is 4.69. The molecule has 0 unspecified atom stereocenters. The highest BCUT2D eigenvalue weighted by Crippen LogP contribution is 2.31. The molecule has 2 rings (SSSR count). The van der Waals surface area contributed by atoms with Gasteiger partial charge in [0.25, 0.3) is 0 Å². The van der Waals surface area contributed by atoms with Crippen molar-refractivity contribution < 1.29 is 14.3 Å². The van der Waals surface area contributed by atoms with Crippen LogP contribution in [0.5, 0.6) is 11.5 Å². The number of ether oxygens (including phenoxy) is 2. The first-order valence-corrected chi connectivity index (χ1v) is 9.05. The molecule has 2 aromatic carbocycles. The lowest BCUT2D eigenvalue weighted by Crippen LogP contribution is -2.31. The van der Waals surface area contributed by atoms with Gasteiger partial charge in [-0.25, -0.2) is 0 Å². The molecule has 0 saturated carbocycles. The van der Waals surface area contributed by atoms with Crippen molar-refractivity contribution in [2.24, 2.45) is 0 Å². The second-order valence-corrected chi connectivity index (χ2v) is 6.31. The Morgan fingerprint density at radius 1 is 1.00 bits per heavy atom. The van der Waals surface area contributed by atoms with E-state index in [0.717, 1.165) is 15.8 Å². The van der Waals surface area contributed by atoms with Crippen LogP contribution in [-0.4, -0.2) is 25.2 Å². The number of hydrogen-bond acceptors (Lipinski definition) is 4. The molecule has 0 saturated heterocycles. The minimum Gasteiger partial charge on any atom is -0.490 e. The van der Waals surface area contributed by atoms with Crippen LogP contribution in [0, 0.1) is 0 Å². The van der Waals surface area contributed by atoms with Crippen molar-refractivity contribution >= 4 is 33.2 Å². The van der Waals surface area contributed by atoms with Gasteiger partial charge in [0, 0.05) is 21.9 Å². The van der Waals surface area contributed by atoms with E-state index >= 15 is 0 Å². The SMILES string of the molecule is CCOc1ccc(N[C@H](C)C(=O)Nc2ccc(Br)cc2)cc1OCC. The summed E-state index contributed by atoms with van der Waals surface area (Å²) in [5, 5.41) is 6.07. The highest BCUT2D eigenvalue weighted by molar-refractivity contribution is 9.10. The van der Waals surface area contributed by atoms with Gasteiger partial charge in [-0.05, 0) is 57.2 Å². The number of carbonyl (C=O) groups is 1. The van der Waals surface area contributed by atoms with E-state index in [-0.39, 0.29) is 5.91 Å². The standard InChI is InChI=1S/C19H23BrN2O3/c1-4-24-17-11-10-16(12-18(17)25-5-2)21-13(3)19(23)22-15-8-6-14(20)7-9-15/h6-13,21H,4-5H2,1-3H3,(H,22,23)/t13-/m1/s1. The number of halogens is 1. The van der Waals surface area contributed by atoms with E-state index in [9.17, 15) is 4.79 Å². The van der Waals surface area contributed by atoms with Crippen molar-refractivity contribution in [3.8, 4) is 11.5 Å². The van der Waals surface area contributed by atoms with Gasteiger partial charge in [-0.2, -0.15) is 0 Å². The van der Waals surface area contributed by atoms with Crippen LogP contribution < -0.4 is 20.1 Å². The van der Waals surface area contributed by atoms with Crippen molar-refractivity contribution in [1.29, 1.82) is 0 Å². The van der Waals surface area contributed by atoms with Gasteiger partial charge in [-0.1, -0.05) is 15.9 Å². The molecule has 0 radical (unpaired) electrons. The molecule has 0 spiro atoms. The molecule has 0 aliphatic heterocycles. The molecular weight excluding hydrogens is 384 g/mol. The van der Waals surface area contributed by atoms with Crippen molar-refractivity contribution in [3.63, 3.8) is 0 Å². The number of nitrogens with one attached hydrogen (secondary N) is 2. The number of hydrogen-bond donors (Lipinski definition) is 2. The molecule has 0 bridgehead atoms. The Morgan fingerprint density at radius 3 is 2.24 bits per heavy atom. The zero-order valence-corrected chi connectivity index (χ0v) is 16.2. The maximum atomic E-state index is 12.3. The summed E-state index contributed by atoms with van der Waals surface area (Å²) in [6.45, 7) is 6.77. The zero-order chi connectivity index (χ0) is 18.2. The second-order valence-electron chi connectivity index (χ2n) is 5.39. The normalized spacial score (nSPS) is 11.5. The van der Waals surface area contributed by atoms with Gasteiger partial charge in [0.15, 0.2) is 11.5 Å². The number of carbonyl (C=O) groups excluding carboxylic acids is 1. The van der Waals surface area contributed by atoms with Crippen LogP contribution in [0.1, 0.15) is 20.8 Å². The van der Waals surface area contributed by atoms with E-state index in [0.29, 0.717) is 24.7 Å². The number of anilines is 2. The average Bonchev–Trinajstić information content (AvgIpc) is 2.59. The summed E-state index contributed by atoms with van der Waals surface area (Å²) in [5.74, 6) is 1.24. The molecule has 0 aromatic heterocycles. The average molecular weight is 407 g/mol. The fourth-order valence-corrected chi connectivity index (χ4v) is 2.50. The minimum atomic E-state index is -0.406. The summed E-state index contributed by atoms with van der Waals surface area (Å²) in [5.41, 5.74) is 1.55. The Hall–Kier alpha value is -2.21. The fraction of sp³-hybridized carbons (Fsp3) is 0.316. The van der Waals surface area contributed by atoms with Gasteiger partial charge in [0.2, 0.25) is 5.91 Å². The molecule has 2 N–H and O–H groups in total. The van der Waals surface area contributed by atoms with Crippen LogP contribution in [0.4, 0.5) is 11.4 Å².